The van der Waals surface area contributed by atoms with Crippen LogP contribution in [-0.4, -0.2) is 22.8 Å². The molecule has 0 amide bonds. The maximum Gasteiger partial charge on any atom is 0.136 e. The maximum absolute atomic E-state index is 5.20. The van der Waals surface area contributed by atoms with Crippen LogP contribution in [0.5, 0.6) is 0 Å². The number of rotatable bonds is 4. The third-order valence-corrected chi connectivity index (χ3v) is 9.91. The molecule has 4 aliphatic rings. The summed E-state index contributed by atoms with van der Waals surface area (Å²) in [5, 5.41) is 5.32. The molecule has 2 nitrogen and oxygen atoms in total. The first-order valence-electron chi connectivity index (χ1n) is 16.2. The van der Waals surface area contributed by atoms with Crippen LogP contribution in [0, 0.1) is 0 Å². The summed E-state index contributed by atoms with van der Waals surface area (Å²) < 4.78 is 0. The van der Waals surface area contributed by atoms with E-state index in [1.165, 1.54) is 66.2 Å². The highest BCUT2D eigenvalue weighted by atomic mass is 15.3. The van der Waals surface area contributed by atoms with Gasteiger partial charge in [-0.15, -0.1) is 0 Å². The smallest absolute Gasteiger partial charge is 0.136 e. The number of hydrogen-bond acceptors (Lipinski definition) is 2. The van der Waals surface area contributed by atoms with Gasteiger partial charge in [0.1, 0.15) is 5.84 Å². The lowest BCUT2D eigenvalue weighted by atomic mass is 9.82. The molecule has 216 valence electrons. The summed E-state index contributed by atoms with van der Waals surface area (Å²) in [6.45, 7) is 0. The fourth-order valence-corrected chi connectivity index (χ4v) is 7.82. The summed E-state index contributed by atoms with van der Waals surface area (Å²) in [5.41, 5.74) is 10.8. The molecular formula is C43H34N2. The molecule has 2 unspecified atom stereocenters. The number of hydrogen-bond donors (Lipinski definition) is 0. The zero-order valence-electron chi connectivity index (χ0n) is 25.2. The van der Waals surface area contributed by atoms with Crippen LogP contribution in [-0.2, 0) is 6.42 Å². The first kappa shape index (κ1) is 26.2. The number of nitrogens with zero attached hydrogens (tertiary/aromatic N) is 2. The van der Waals surface area contributed by atoms with Gasteiger partial charge in [0.2, 0.25) is 0 Å². The van der Waals surface area contributed by atoms with Crippen molar-refractivity contribution in [2.45, 2.75) is 37.8 Å². The minimum absolute atomic E-state index is 0.150. The van der Waals surface area contributed by atoms with E-state index >= 15 is 0 Å². The van der Waals surface area contributed by atoms with E-state index in [0.717, 1.165) is 31.5 Å². The van der Waals surface area contributed by atoms with Crippen molar-refractivity contribution in [1.82, 2.24) is 4.90 Å². The molecule has 0 saturated heterocycles. The van der Waals surface area contributed by atoms with Crippen LogP contribution in [0.2, 0.25) is 0 Å². The van der Waals surface area contributed by atoms with Crippen LogP contribution in [0.1, 0.15) is 41.5 Å². The van der Waals surface area contributed by atoms with Gasteiger partial charge in [-0.05, 0) is 86.7 Å². The van der Waals surface area contributed by atoms with Crippen molar-refractivity contribution in [1.29, 1.82) is 0 Å². The van der Waals surface area contributed by atoms with Gasteiger partial charge in [0.05, 0.1) is 12.1 Å². The standard InChI is InChI=1S/C43H34N2/c1-2-13-31(14-3-1)43-44-39-20-10-11-21-40(39)45(43)34-26-24-30(25-27-34)41-35-16-6-8-18-37(35)42(38-19-9-7-17-36(38)41)33-23-22-29-12-4-5-15-32(29)28-33/h1-4,6-14,16-24,26,28,39-40H,5,15,25,27H2. The van der Waals surface area contributed by atoms with Crippen LogP contribution in [0.25, 0.3) is 44.3 Å². The number of aryl methyl sites for hydroxylation is 1. The Morgan fingerprint density at radius 2 is 1.33 bits per heavy atom. The molecule has 0 spiro atoms. The Morgan fingerprint density at radius 1 is 0.622 bits per heavy atom. The molecule has 1 heterocycles. The largest absolute Gasteiger partial charge is 0.321 e. The van der Waals surface area contributed by atoms with E-state index in [4.69, 9.17) is 4.99 Å². The fourth-order valence-electron chi connectivity index (χ4n) is 7.82. The molecule has 9 rings (SSSR count). The second-order valence-corrected chi connectivity index (χ2v) is 12.5. The molecular weight excluding hydrogens is 544 g/mol. The van der Waals surface area contributed by atoms with Crippen LogP contribution in [0.3, 0.4) is 0 Å². The molecule has 0 N–H and O–H groups in total. The zero-order valence-corrected chi connectivity index (χ0v) is 25.2. The fraction of sp³-hybridized carbons (Fsp3) is 0.140. The summed E-state index contributed by atoms with van der Waals surface area (Å²) in [6.07, 6.45) is 22.3. The lowest BCUT2D eigenvalue weighted by Gasteiger charge is -2.33. The second-order valence-electron chi connectivity index (χ2n) is 12.5. The molecule has 0 bridgehead atoms. The third kappa shape index (κ3) is 4.36. The molecule has 2 atom stereocenters. The van der Waals surface area contributed by atoms with Gasteiger partial charge in [-0.3, -0.25) is 4.99 Å². The van der Waals surface area contributed by atoms with Crippen LogP contribution in [0.15, 0.2) is 150 Å². The van der Waals surface area contributed by atoms with Crippen molar-refractivity contribution in [3.05, 3.63) is 168 Å². The predicted molar refractivity (Wildman–Crippen MR) is 190 cm³/mol. The van der Waals surface area contributed by atoms with Gasteiger partial charge in [0.15, 0.2) is 0 Å². The number of benzene rings is 5. The van der Waals surface area contributed by atoms with Gasteiger partial charge in [-0.2, -0.15) is 0 Å². The quantitative estimate of drug-likeness (QED) is 0.194. The molecule has 1 aliphatic heterocycles. The van der Waals surface area contributed by atoms with Crippen molar-refractivity contribution in [2.75, 3.05) is 0 Å². The molecule has 45 heavy (non-hydrogen) atoms. The van der Waals surface area contributed by atoms with Gasteiger partial charge in [0.25, 0.3) is 0 Å². The topological polar surface area (TPSA) is 15.6 Å². The molecule has 5 aromatic rings. The van der Waals surface area contributed by atoms with E-state index in [9.17, 15) is 0 Å². The van der Waals surface area contributed by atoms with Gasteiger partial charge in [-0.1, -0.05) is 140 Å². The first-order chi connectivity index (χ1) is 22.3. The summed E-state index contributed by atoms with van der Waals surface area (Å²) in [7, 11) is 0. The summed E-state index contributed by atoms with van der Waals surface area (Å²) >= 11 is 0. The molecule has 0 fully saturated rings. The Bertz CT molecular complexity index is 2120. The summed E-state index contributed by atoms with van der Waals surface area (Å²) in [5.74, 6) is 1.07. The van der Waals surface area contributed by atoms with E-state index in [1.54, 1.807) is 0 Å². The molecule has 5 aromatic carbocycles. The van der Waals surface area contributed by atoms with Crippen molar-refractivity contribution < 1.29 is 0 Å². The average Bonchev–Trinajstić information content (AvgIpc) is 3.51. The van der Waals surface area contributed by atoms with Crippen molar-refractivity contribution in [3.8, 4) is 11.1 Å². The van der Waals surface area contributed by atoms with Gasteiger partial charge < -0.3 is 4.90 Å². The monoisotopic (exact) mass is 578 g/mol. The molecule has 3 aliphatic carbocycles. The second kappa shape index (κ2) is 10.7. The lowest BCUT2D eigenvalue weighted by Crippen LogP contribution is -2.38. The molecule has 0 saturated carbocycles. The normalized spacial score (nSPS) is 20.2. The van der Waals surface area contributed by atoms with Crippen LogP contribution in [0.4, 0.5) is 0 Å². The van der Waals surface area contributed by atoms with Crippen molar-refractivity contribution in [2.24, 2.45) is 4.99 Å². The minimum atomic E-state index is 0.150. The number of amidine groups is 1. The Morgan fingerprint density at radius 3 is 2.07 bits per heavy atom. The highest BCUT2D eigenvalue weighted by Gasteiger charge is 2.37. The minimum Gasteiger partial charge on any atom is -0.321 e. The predicted octanol–water partition coefficient (Wildman–Crippen LogP) is 10.3. The maximum atomic E-state index is 5.20. The van der Waals surface area contributed by atoms with Crippen molar-refractivity contribution in [3.63, 3.8) is 0 Å². The lowest BCUT2D eigenvalue weighted by molar-refractivity contribution is 0.429. The van der Waals surface area contributed by atoms with E-state index in [2.05, 4.69) is 151 Å². The Balaban J connectivity index is 1.18. The van der Waals surface area contributed by atoms with Crippen LogP contribution < -0.4 is 0 Å². The van der Waals surface area contributed by atoms with E-state index in [-0.39, 0.29) is 12.1 Å². The number of allylic oxidation sites excluding steroid dienone is 7. The Kier molecular flexibility index (Phi) is 6.26. The molecule has 0 aromatic heterocycles. The van der Waals surface area contributed by atoms with Gasteiger partial charge in [0, 0.05) is 11.3 Å². The van der Waals surface area contributed by atoms with E-state index < -0.39 is 0 Å². The summed E-state index contributed by atoms with van der Waals surface area (Å²) in [4.78, 5) is 7.68. The number of fused-ring (bicyclic) bond motifs is 4. The highest BCUT2D eigenvalue weighted by Crippen LogP contribution is 2.45. The Hall–Kier alpha value is -5.21. The number of aliphatic imine (C=N–C) groups is 1. The molecule has 0 radical (unpaired) electrons. The van der Waals surface area contributed by atoms with E-state index in [1.807, 2.05) is 0 Å². The molecule has 2 heteroatoms. The first-order valence-corrected chi connectivity index (χ1v) is 16.2. The van der Waals surface area contributed by atoms with Crippen molar-refractivity contribution >= 4 is 39.0 Å². The van der Waals surface area contributed by atoms with E-state index in [0.29, 0.717) is 0 Å². The zero-order chi connectivity index (χ0) is 29.7. The van der Waals surface area contributed by atoms with Crippen LogP contribution >= 0.6 is 0 Å². The summed E-state index contributed by atoms with van der Waals surface area (Å²) in [6, 6.07) is 36.2. The van der Waals surface area contributed by atoms with Gasteiger partial charge in [-0.25, -0.2) is 0 Å². The Labute approximate surface area is 264 Å². The third-order valence-electron chi connectivity index (χ3n) is 9.91. The highest BCUT2D eigenvalue weighted by molar-refractivity contribution is 6.19. The van der Waals surface area contributed by atoms with Gasteiger partial charge >= 0.3 is 0 Å². The average molecular weight is 579 g/mol. The SMILES string of the molecule is C1=CC2N=C(c3ccccc3)N(C3=CC=C(c4c5ccccc5c(-c5ccc6c(c5)CCC=C6)c5ccccc45)CC3)C2C=C1.